The van der Waals surface area contributed by atoms with Crippen molar-refractivity contribution in [2.45, 2.75) is 19.9 Å². The first kappa shape index (κ1) is 14.2. The van der Waals surface area contributed by atoms with E-state index in [4.69, 9.17) is 9.47 Å². The van der Waals surface area contributed by atoms with Gasteiger partial charge in [-0.25, -0.2) is 0 Å². The highest BCUT2D eigenvalue weighted by atomic mass is 16.5. The molecular formula is C15H21N3O2. The van der Waals surface area contributed by atoms with E-state index >= 15 is 0 Å². The molecule has 1 heterocycles. The maximum absolute atomic E-state index is 5.40. The molecule has 0 fully saturated rings. The molecule has 0 atom stereocenters. The van der Waals surface area contributed by atoms with Gasteiger partial charge in [-0.3, -0.25) is 4.68 Å². The van der Waals surface area contributed by atoms with Crippen molar-refractivity contribution in [3.63, 3.8) is 0 Å². The number of aromatic nitrogens is 2. The summed E-state index contributed by atoms with van der Waals surface area (Å²) in [4.78, 5) is 0. The number of anilines is 1. The zero-order valence-corrected chi connectivity index (χ0v) is 12.4. The summed E-state index contributed by atoms with van der Waals surface area (Å²) in [7, 11) is 5.24. The second kappa shape index (κ2) is 6.32. The lowest BCUT2D eigenvalue weighted by Crippen LogP contribution is -2.03. The van der Waals surface area contributed by atoms with Gasteiger partial charge in [0.1, 0.15) is 11.5 Å². The third kappa shape index (κ3) is 3.04. The van der Waals surface area contributed by atoms with Crippen molar-refractivity contribution >= 4 is 5.69 Å². The number of hydrogen-bond acceptors (Lipinski definition) is 4. The van der Waals surface area contributed by atoms with E-state index in [2.05, 4.69) is 17.3 Å². The van der Waals surface area contributed by atoms with Crippen LogP contribution in [0.3, 0.4) is 0 Å². The summed E-state index contributed by atoms with van der Waals surface area (Å²) in [6.07, 6.45) is 2.90. The van der Waals surface area contributed by atoms with Crippen molar-refractivity contribution in [1.29, 1.82) is 0 Å². The largest absolute Gasteiger partial charge is 0.497 e. The maximum atomic E-state index is 5.40. The van der Waals surface area contributed by atoms with Gasteiger partial charge in [0.05, 0.1) is 25.6 Å². The second-order valence-corrected chi connectivity index (χ2v) is 4.55. The number of ether oxygens (including phenoxy) is 2. The van der Waals surface area contributed by atoms with Crippen molar-refractivity contribution in [3.05, 3.63) is 35.7 Å². The number of hydrogen-bond donors (Lipinski definition) is 1. The fourth-order valence-electron chi connectivity index (χ4n) is 2.13. The standard InChI is InChI=1S/C15H21N3O2/c1-5-13-14(10-18(2)17-13)16-9-11-6-7-12(19-3)8-15(11)20-4/h6-8,10,16H,5,9H2,1-4H3. The van der Waals surface area contributed by atoms with Crippen molar-refractivity contribution in [2.75, 3.05) is 19.5 Å². The van der Waals surface area contributed by atoms with E-state index in [1.54, 1.807) is 14.2 Å². The van der Waals surface area contributed by atoms with Gasteiger partial charge in [0.15, 0.2) is 0 Å². The van der Waals surface area contributed by atoms with Gasteiger partial charge < -0.3 is 14.8 Å². The number of rotatable bonds is 6. The molecule has 20 heavy (non-hydrogen) atoms. The maximum Gasteiger partial charge on any atom is 0.127 e. The van der Waals surface area contributed by atoms with Crippen LogP contribution in [-0.2, 0) is 20.0 Å². The Bertz CT molecular complexity index is 578. The van der Waals surface area contributed by atoms with Crippen LogP contribution in [0.25, 0.3) is 0 Å². The monoisotopic (exact) mass is 275 g/mol. The van der Waals surface area contributed by atoms with Gasteiger partial charge in [0.2, 0.25) is 0 Å². The van der Waals surface area contributed by atoms with E-state index in [0.29, 0.717) is 6.54 Å². The summed E-state index contributed by atoms with van der Waals surface area (Å²) in [6.45, 7) is 2.79. The van der Waals surface area contributed by atoms with Crippen LogP contribution in [-0.4, -0.2) is 24.0 Å². The first-order valence-corrected chi connectivity index (χ1v) is 6.65. The van der Waals surface area contributed by atoms with E-state index in [9.17, 15) is 0 Å². The first-order valence-electron chi connectivity index (χ1n) is 6.65. The SMILES string of the molecule is CCc1nn(C)cc1NCc1ccc(OC)cc1OC. The Hall–Kier alpha value is -2.17. The Morgan fingerprint density at radius 2 is 2.05 bits per heavy atom. The smallest absolute Gasteiger partial charge is 0.127 e. The predicted octanol–water partition coefficient (Wildman–Crippen LogP) is 2.61. The lowest BCUT2D eigenvalue weighted by atomic mass is 10.2. The third-order valence-electron chi connectivity index (χ3n) is 3.20. The minimum Gasteiger partial charge on any atom is -0.497 e. The Labute approximate surface area is 119 Å². The minimum atomic E-state index is 0.686. The summed E-state index contributed by atoms with van der Waals surface area (Å²) >= 11 is 0. The average Bonchev–Trinajstić information content (AvgIpc) is 2.85. The van der Waals surface area contributed by atoms with Crippen LogP contribution in [0.4, 0.5) is 5.69 Å². The molecule has 1 aromatic carbocycles. The molecule has 0 amide bonds. The number of nitrogens with one attached hydrogen (secondary N) is 1. The summed E-state index contributed by atoms with van der Waals surface area (Å²) in [5.41, 5.74) is 3.21. The van der Waals surface area contributed by atoms with Crippen LogP contribution in [0.15, 0.2) is 24.4 Å². The molecule has 5 heteroatoms. The molecule has 0 aliphatic rings. The summed E-state index contributed by atoms with van der Waals surface area (Å²) in [5.74, 6) is 1.61. The van der Waals surface area contributed by atoms with Crippen LogP contribution < -0.4 is 14.8 Å². The molecule has 0 bridgehead atoms. The third-order valence-corrected chi connectivity index (χ3v) is 3.20. The lowest BCUT2D eigenvalue weighted by molar-refractivity contribution is 0.391. The molecule has 1 aromatic heterocycles. The molecule has 1 N–H and O–H groups in total. The first-order chi connectivity index (χ1) is 9.67. The Morgan fingerprint density at radius 1 is 1.25 bits per heavy atom. The topological polar surface area (TPSA) is 48.3 Å². The van der Waals surface area contributed by atoms with Gasteiger partial charge in [-0.1, -0.05) is 6.92 Å². The fraction of sp³-hybridized carbons (Fsp3) is 0.400. The van der Waals surface area contributed by atoms with Gasteiger partial charge >= 0.3 is 0 Å². The molecule has 0 radical (unpaired) electrons. The molecule has 0 unspecified atom stereocenters. The molecule has 5 nitrogen and oxygen atoms in total. The minimum absolute atomic E-state index is 0.686. The fourth-order valence-corrected chi connectivity index (χ4v) is 2.13. The van der Waals surface area contributed by atoms with Crippen molar-refractivity contribution in [1.82, 2.24) is 9.78 Å². The van der Waals surface area contributed by atoms with Crippen molar-refractivity contribution in [3.8, 4) is 11.5 Å². The molecule has 0 saturated carbocycles. The van der Waals surface area contributed by atoms with E-state index in [0.717, 1.165) is 34.9 Å². The van der Waals surface area contributed by atoms with E-state index in [1.807, 2.05) is 36.1 Å². The molecular weight excluding hydrogens is 254 g/mol. The molecule has 108 valence electrons. The summed E-state index contributed by atoms with van der Waals surface area (Å²) < 4.78 is 12.4. The molecule has 0 spiro atoms. The Kier molecular flexibility index (Phi) is 4.50. The second-order valence-electron chi connectivity index (χ2n) is 4.55. The van der Waals surface area contributed by atoms with Crippen LogP contribution >= 0.6 is 0 Å². The van der Waals surface area contributed by atoms with Gasteiger partial charge in [-0.05, 0) is 18.6 Å². The zero-order chi connectivity index (χ0) is 14.5. The molecule has 0 aliphatic carbocycles. The van der Waals surface area contributed by atoms with Gasteiger partial charge in [0.25, 0.3) is 0 Å². The van der Waals surface area contributed by atoms with Gasteiger partial charge in [0, 0.05) is 31.4 Å². The van der Waals surface area contributed by atoms with Crippen LogP contribution in [0.1, 0.15) is 18.2 Å². The molecule has 2 aromatic rings. The van der Waals surface area contributed by atoms with Gasteiger partial charge in [-0.2, -0.15) is 5.10 Å². The number of methoxy groups -OCH3 is 2. The van der Waals surface area contributed by atoms with Crippen LogP contribution in [0, 0.1) is 0 Å². The lowest BCUT2D eigenvalue weighted by Gasteiger charge is -2.11. The Balaban J connectivity index is 2.14. The molecule has 0 saturated heterocycles. The number of benzene rings is 1. The van der Waals surface area contributed by atoms with E-state index in [-0.39, 0.29) is 0 Å². The van der Waals surface area contributed by atoms with E-state index in [1.165, 1.54) is 0 Å². The van der Waals surface area contributed by atoms with Crippen LogP contribution in [0.5, 0.6) is 11.5 Å². The highest BCUT2D eigenvalue weighted by Gasteiger charge is 2.08. The average molecular weight is 275 g/mol. The van der Waals surface area contributed by atoms with Crippen LogP contribution in [0.2, 0.25) is 0 Å². The normalized spacial score (nSPS) is 10.4. The van der Waals surface area contributed by atoms with Gasteiger partial charge in [-0.15, -0.1) is 0 Å². The number of nitrogens with zero attached hydrogens (tertiary/aromatic N) is 2. The summed E-state index contributed by atoms with van der Waals surface area (Å²) in [5, 5.41) is 7.82. The zero-order valence-electron chi connectivity index (χ0n) is 12.4. The Morgan fingerprint density at radius 3 is 2.70 bits per heavy atom. The van der Waals surface area contributed by atoms with Crippen molar-refractivity contribution in [2.24, 2.45) is 7.05 Å². The van der Waals surface area contributed by atoms with E-state index < -0.39 is 0 Å². The highest BCUT2D eigenvalue weighted by Crippen LogP contribution is 2.25. The molecule has 2 rings (SSSR count). The number of aryl methyl sites for hydroxylation is 2. The predicted molar refractivity (Wildman–Crippen MR) is 79.5 cm³/mol. The molecule has 0 aliphatic heterocycles. The summed E-state index contributed by atoms with van der Waals surface area (Å²) in [6, 6.07) is 5.83. The quantitative estimate of drug-likeness (QED) is 0.880. The van der Waals surface area contributed by atoms with Crippen molar-refractivity contribution < 1.29 is 9.47 Å². The highest BCUT2D eigenvalue weighted by molar-refractivity contribution is 5.49.